The molecule has 0 aromatic heterocycles. The van der Waals surface area contributed by atoms with Crippen molar-refractivity contribution in [2.75, 3.05) is 0 Å². The lowest BCUT2D eigenvalue weighted by Gasteiger charge is -2.32. The van der Waals surface area contributed by atoms with Crippen molar-refractivity contribution in [1.29, 1.82) is 0 Å². The monoisotopic (exact) mass is 228 g/mol. The van der Waals surface area contributed by atoms with Crippen LogP contribution in [0, 0.1) is 23.7 Å². The highest BCUT2D eigenvalue weighted by Gasteiger charge is 2.60. The molecule has 0 aromatic rings. The lowest BCUT2D eigenvalue weighted by Crippen LogP contribution is -2.38. The summed E-state index contributed by atoms with van der Waals surface area (Å²) in [6, 6.07) is 0. The summed E-state index contributed by atoms with van der Waals surface area (Å²) >= 11 is 0. The lowest BCUT2D eigenvalue weighted by atomic mass is 9.81. The van der Waals surface area contributed by atoms with E-state index >= 15 is 0 Å². The largest absolute Gasteiger partial charge is 0.356 e. The van der Waals surface area contributed by atoms with Gasteiger partial charge in [-0.05, 0) is 31.1 Å². The standard InChI is InChI=1S/C9H12F4O2/c10-8(11,14)6-2-4-1-5(6)3-7(4)9(12,13)15/h4-7,14-15H,1-3H2. The molecule has 0 saturated heterocycles. The smallest absolute Gasteiger partial charge is 0.336 e. The van der Waals surface area contributed by atoms with Gasteiger partial charge in [0.15, 0.2) is 0 Å². The third-order valence-electron chi connectivity index (χ3n) is 3.75. The average molecular weight is 228 g/mol. The summed E-state index contributed by atoms with van der Waals surface area (Å²) in [7, 11) is 0. The second-order valence-corrected chi connectivity index (χ2v) is 4.62. The van der Waals surface area contributed by atoms with Crippen LogP contribution in [0.2, 0.25) is 0 Å². The third kappa shape index (κ3) is 1.85. The average Bonchev–Trinajstić information content (AvgIpc) is 2.57. The summed E-state index contributed by atoms with van der Waals surface area (Å²) in [6.07, 6.45) is -7.57. The second kappa shape index (κ2) is 3.07. The molecule has 2 saturated carbocycles. The fourth-order valence-electron chi connectivity index (χ4n) is 3.13. The van der Waals surface area contributed by atoms with Crippen LogP contribution < -0.4 is 0 Å². The van der Waals surface area contributed by atoms with Crippen molar-refractivity contribution in [3.05, 3.63) is 0 Å². The Kier molecular flexibility index (Phi) is 2.28. The van der Waals surface area contributed by atoms with Crippen LogP contribution in [-0.4, -0.2) is 22.4 Å². The predicted molar refractivity (Wildman–Crippen MR) is 42.1 cm³/mol. The predicted octanol–water partition coefficient (Wildman–Crippen LogP) is 1.82. The van der Waals surface area contributed by atoms with Gasteiger partial charge < -0.3 is 10.2 Å². The van der Waals surface area contributed by atoms with Crippen LogP contribution in [0.3, 0.4) is 0 Å². The van der Waals surface area contributed by atoms with Crippen LogP contribution in [0.4, 0.5) is 17.6 Å². The van der Waals surface area contributed by atoms with Crippen molar-refractivity contribution in [2.45, 2.75) is 31.5 Å². The molecule has 4 atom stereocenters. The van der Waals surface area contributed by atoms with Crippen LogP contribution in [0.1, 0.15) is 19.3 Å². The summed E-state index contributed by atoms with van der Waals surface area (Å²) in [5.41, 5.74) is 0. The van der Waals surface area contributed by atoms with Crippen molar-refractivity contribution in [2.24, 2.45) is 23.7 Å². The summed E-state index contributed by atoms with van der Waals surface area (Å²) in [5.74, 6) is -3.64. The van der Waals surface area contributed by atoms with Crippen molar-refractivity contribution in [3.8, 4) is 0 Å². The van der Waals surface area contributed by atoms with E-state index in [1.807, 2.05) is 0 Å². The minimum absolute atomic E-state index is 0.130. The first-order chi connectivity index (χ1) is 6.69. The van der Waals surface area contributed by atoms with Crippen LogP contribution in [0.15, 0.2) is 0 Å². The molecule has 0 spiro atoms. The zero-order chi connectivity index (χ0) is 11.4. The minimum Gasteiger partial charge on any atom is -0.336 e. The molecular formula is C9H12F4O2. The molecule has 0 aromatic carbocycles. The molecule has 2 fully saturated rings. The van der Waals surface area contributed by atoms with Gasteiger partial charge in [0.1, 0.15) is 0 Å². The number of alkyl halides is 4. The number of aliphatic hydroxyl groups is 2. The molecule has 88 valence electrons. The number of halogens is 4. The van der Waals surface area contributed by atoms with Gasteiger partial charge in [-0.15, -0.1) is 0 Å². The molecule has 2 aliphatic carbocycles. The van der Waals surface area contributed by atoms with Gasteiger partial charge in [-0.1, -0.05) is 0 Å². The molecule has 2 bridgehead atoms. The fraction of sp³-hybridized carbons (Fsp3) is 1.00. The Labute approximate surface area is 83.9 Å². The maximum Gasteiger partial charge on any atom is 0.356 e. The number of rotatable bonds is 2. The summed E-state index contributed by atoms with van der Waals surface area (Å²) in [4.78, 5) is 0. The SMILES string of the molecule is OC(F)(F)C1CC2CC1CC2C(O)(F)F. The lowest BCUT2D eigenvalue weighted by molar-refractivity contribution is -0.271. The van der Waals surface area contributed by atoms with Crippen LogP contribution in [0.5, 0.6) is 0 Å². The van der Waals surface area contributed by atoms with Crippen molar-refractivity contribution < 1.29 is 27.8 Å². The van der Waals surface area contributed by atoms with Gasteiger partial charge in [-0.3, -0.25) is 0 Å². The highest BCUT2D eigenvalue weighted by Crippen LogP contribution is 2.58. The van der Waals surface area contributed by atoms with Crippen LogP contribution in [0.25, 0.3) is 0 Å². The van der Waals surface area contributed by atoms with E-state index in [0.29, 0.717) is 0 Å². The summed E-state index contributed by atoms with van der Waals surface area (Å²) in [5, 5.41) is 17.1. The Morgan fingerprint density at radius 3 is 1.27 bits per heavy atom. The Morgan fingerprint density at radius 1 is 0.733 bits per heavy atom. The number of fused-ring (bicyclic) bond motifs is 2. The first-order valence-corrected chi connectivity index (χ1v) is 4.90. The van der Waals surface area contributed by atoms with Gasteiger partial charge in [-0.2, -0.15) is 17.6 Å². The van der Waals surface area contributed by atoms with E-state index in [1.54, 1.807) is 0 Å². The first-order valence-electron chi connectivity index (χ1n) is 4.90. The normalized spacial score (nSPS) is 41.2. The molecule has 2 aliphatic rings. The maximum atomic E-state index is 12.6. The van der Waals surface area contributed by atoms with Gasteiger partial charge >= 0.3 is 12.2 Å². The molecule has 0 amide bonds. The molecular weight excluding hydrogens is 216 g/mol. The Morgan fingerprint density at radius 2 is 1.07 bits per heavy atom. The van der Waals surface area contributed by atoms with Crippen molar-refractivity contribution in [1.82, 2.24) is 0 Å². The molecule has 2 nitrogen and oxygen atoms in total. The van der Waals surface area contributed by atoms with E-state index in [2.05, 4.69) is 0 Å². The Bertz CT molecular complexity index is 232. The van der Waals surface area contributed by atoms with E-state index < -0.39 is 35.9 Å². The zero-order valence-corrected chi connectivity index (χ0v) is 7.84. The van der Waals surface area contributed by atoms with E-state index in [0.717, 1.165) is 0 Å². The van der Waals surface area contributed by atoms with Crippen LogP contribution >= 0.6 is 0 Å². The highest BCUT2D eigenvalue weighted by atomic mass is 19.3. The molecule has 6 heteroatoms. The highest BCUT2D eigenvalue weighted by molar-refractivity contribution is 4.99. The first kappa shape index (κ1) is 11.1. The van der Waals surface area contributed by atoms with Gasteiger partial charge in [-0.25, -0.2) is 0 Å². The Balaban J connectivity index is 2.07. The number of hydrogen-bond acceptors (Lipinski definition) is 2. The van der Waals surface area contributed by atoms with Crippen LogP contribution in [-0.2, 0) is 0 Å². The van der Waals surface area contributed by atoms with E-state index in [-0.39, 0.29) is 19.3 Å². The fourth-order valence-corrected chi connectivity index (χ4v) is 3.13. The van der Waals surface area contributed by atoms with Gasteiger partial charge in [0.2, 0.25) is 0 Å². The van der Waals surface area contributed by atoms with Crippen molar-refractivity contribution >= 4 is 0 Å². The molecule has 0 radical (unpaired) electrons. The zero-order valence-electron chi connectivity index (χ0n) is 7.84. The van der Waals surface area contributed by atoms with Gasteiger partial charge in [0, 0.05) is 0 Å². The molecule has 2 rings (SSSR count). The van der Waals surface area contributed by atoms with Crippen molar-refractivity contribution in [3.63, 3.8) is 0 Å². The molecule has 4 unspecified atom stereocenters. The van der Waals surface area contributed by atoms with Gasteiger partial charge in [0.25, 0.3) is 0 Å². The topological polar surface area (TPSA) is 40.5 Å². The number of hydrogen-bond donors (Lipinski definition) is 2. The van der Waals surface area contributed by atoms with E-state index in [1.165, 1.54) is 0 Å². The van der Waals surface area contributed by atoms with Gasteiger partial charge in [0.05, 0.1) is 11.8 Å². The molecule has 0 aliphatic heterocycles. The maximum absolute atomic E-state index is 12.6. The minimum atomic E-state index is -3.78. The summed E-state index contributed by atoms with van der Waals surface area (Å²) < 4.78 is 50.5. The Hall–Kier alpha value is -0.360. The molecule has 15 heavy (non-hydrogen) atoms. The molecule has 2 N–H and O–H groups in total. The third-order valence-corrected chi connectivity index (χ3v) is 3.75. The second-order valence-electron chi connectivity index (χ2n) is 4.62. The van der Waals surface area contributed by atoms with E-state index in [4.69, 9.17) is 10.2 Å². The van der Waals surface area contributed by atoms with E-state index in [9.17, 15) is 17.6 Å². The molecule has 0 heterocycles. The quantitative estimate of drug-likeness (QED) is 0.708. The summed E-state index contributed by atoms with van der Waals surface area (Å²) in [6.45, 7) is 0.